The van der Waals surface area contributed by atoms with Crippen molar-refractivity contribution in [3.8, 4) is 0 Å². The second-order valence-electron chi connectivity index (χ2n) is 5.67. The van der Waals surface area contributed by atoms with Crippen LogP contribution >= 0.6 is 0 Å². The summed E-state index contributed by atoms with van der Waals surface area (Å²) >= 11 is 0. The van der Waals surface area contributed by atoms with Gasteiger partial charge in [0.05, 0.1) is 5.54 Å². The Balaban J connectivity index is 2.26. The van der Waals surface area contributed by atoms with Gasteiger partial charge in [0.2, 0.25) is 12.3 Å². The fourth-order valence-electron chi connectivity index (χ4n) is 2.59. The summed E-state index contributed by atoms with van der Waals surface area (Å²) in [7, 11) is 0. The molecular formula is C15H19N3O3. The third-order valence-corrected chi connectivity index (χ3v) is 4.02. The van der Waals surface area contributed by atoms with E-state index in [0.717, 1.165) is 4.90 Å². The van der Waals surface area contributed by atoms with Crippen LogP contribution in [0.25, 0.3) is 0 Å². The van der Waals surface area contributed by atoms with E-state index in [1.165, 1.54) is 6.92 Å². The summed E-state index contributed by atoms with van der Waals surface area (Å²) in [5.41, 5.74) is 6.71. The van der Waals surface area contributed by atoms with Crippen LogP contribution in [0.2, 0.25) is 0 Å². The van der Waals surface area contributed by atoms with Crippen LogP contribution in [-0.2, 0) is 9.59 Å². The number of carbonyl (C=O) groups is 3. The summed E-state index contributed by atoms with van der Waals surface area (Å²) < 4.78 is 0. The van der Waals surface area contributed by atoms with Crippen LogP contribution in [0.3, 0.4) is 0 Å². The molecule has 0 radical (unpaired) electrons. The van der Waals surface area contributed by atoms with Gasteiger partial charge in [-0.05, 0) is 31.5 Å². The first kappa shape index (κ1) is 15.0. The summed E-state index contributed by atoms with van der Waals surface area (Å²) in [6, 6.07) is 5.04. The van der Waals surface area contributed by atoms with Crippen LogP contribution < -0.4 is 5.73 Å². The first-order valence-electron chi connectivity index (χ1n) is 6.70. The van der Waals surface area contributed by atoms with Crippen LogP contribution in [0, 0.1) is 6.92 Å². The Bertz CT molecular complexity index is 606. The number of nitrogens with two attached hydrogens (primary N) is 1. The molecule has 0 aromatic heterocycles. The Morgan fingerprint density at radius 2 is 2.00 bits per heavy atom. The number of imide groups is 1. The minimum absolute atomic E-state index is 0.0640. The van der Waals surface area contributed by atoms with Crippen molar-refractivity contribution in [2.75, 3.05) is 18.8 Å². The first-order valence-corrected chi connectivity index (χ1v) is 6.70. The first-order chi connectivity index (χ1) is 9.80. The molecule has 0 saturated carbocycles. The molecule has 1 saturated heterocycles. The zero-order valence-electron chi connectivity index (χ0n) is 12.4. The molecule has 6 heteroatoms. The monoisotopic (exact) mass is 289 g/mol. The normalized spacial score (nSPS) is 16.0. The molecule has 2 rings (SSSR count). The molecule has 0 bridgehead atoms. The minimum atomic E-state index is -0.665. The fraction of sp³-hybridized carbons (Fsp3) is 0.400. The quantitative estimate of drug-likeness (QED) is 0.659. The van der Waals surface area contributed by atoms with Gasteiger partial charge >= 0.3 is 0 Å². The predicted octanol–water partition coefficient (Wildman–Crippen LogP) is 0.797. The molecular weight excluding hydrogens is 270 g/mol. The number of likely N-dealkylation sites (tertiary alicyclic amines) is 1. The highest BCUT2D eigenvalue weighted by Gasteiger charge is 2.47. The van der Waals surface area contributed by atoms with E-state index >= 15 is 0 Å². The van der Waals surface area contributed by atoms with Crippen molar-refractivity contribution in [1.29, 1.82) is 0 Å². The molecule has 0 atom stereocenters. The van der Waals surface area contributed by atoms with Crippen LogP contribution in [0.1, 0.15) is 29.8 Å². The molecule has 0 aliphatic carbocycles. The van der Waals surface area contributed by atoms with Crippen molar-refractivity contribution in [2.45, 2.75) is 26.3 Å². The Kier molecular flexibility index (Phi) is 3.72. The number of carbonyl (C=O) groups excluding carboxylic acids is 3. The van der Waals surface area contributed by atoms with E-state index < -0.39 is 5.54 Å². The number of nitrogens with zero attached hydrogens (tertiary/aromatic N) is 2. The molecule has 1 aromatic carbocycles. The number of hydrogen-bond donors (Lipinski definition) is 1. The minimum Gasteiger partial charge on any atom is -0.398 e. The van der Waals surface area contributed by atoms with Crippen molar-refractivity contribution < 1.29 is 14.4 Å². The number of benzene rings is 1. The SMILES string of the molecule is CC(=O)N1CC(C)(N(C=O)C(=O)c2cccc(N)c2C)C1. The van der Waals surface area contributed by atoms with E-state index in [1.54, 1.807) is 36.9 Å². The van der Waals surface area contributed by atoms with Crippen molar-refractivity contribution in [3.05, 3.63) is 29.3 Å². The molecule has 21 heavy (non-hydrogen) atoms. The maximum Gasteiger partial charge on any atom is 0.261 e. The molecule has 3 amide bonds. The summed E-state index contributed by atoms with van der Waals surface area (Å²) in [4.78, 5) is 38.0. The van der Waals surface area contributed by atoms with Gasteiger partial charge in [0.25, 0.3) is 5.91 Å². The van der Waals surface area contributed by atoms with Gasteiger partial charge in [0, 0.05) is 31.3 Å². The van der Waals surface area contributed by atoms with E-state index in [2.05, 4.69) is 0 Å². The summed E-state index contributed by atoms with van der Waals surface area (Å²) in [6.07, 6.45) is 0.530. The zero-order valence-corrected chi connectivity index (χ0v) is 12.4. The van der Waals surface area contributed by atoms with Gasteiger partial charge in [-0.25, -0.2) is 0 Å². The van der Waals surface area contributed by atoms with Crippen LogP contribution in [-0.4, -0.2) is 46.7 Å². The van der Waals surface area contributed by atoms with Crippen molar-refractivity contribution >= 4 is 23.9 Å². The Hall–Kier alpha value is -2.37. The van der Waals surface area contributed by atoms with Gasteiger partial charge in [-0.3, -0.25) is 19.3 Å². The standard InChI is InChI=1S/C15H19N3O3/c1-10-12(5-4-6-13(10)16)14(21)18(9-19)15(3)7-17(8-15)11(2)20/h4-6,9H,7-8,16H2,1-3H3. The maximum absolute atomic E-state index is 12.6. The average Bonchev–Trinajstić information content (AvgIpc) is 2.39. The van der Waals surface area contributed by atoms with Crippen LogP contribution in [0.15, 0.2) is 18.2 Å². The lowest BCUT2D eigenvalue weighted by Gasteiger charge is -2.51. The van der Waals surface area contributed by atoms with E-state index in [9.17, 15) is 14.4 Å². The number of amides is 3. The lowest BCUT2D eigenvalue weighted by Crippen LogP contribution is -2.70. The molecule has 1 fully saturated rings. The lowest BCUT2D eigenvalue weighted by molar-refractivity contribution is -0.145. The molecule has 1 aliphatic heterocycles. The van der Waals surface area contributed by atoms with Gasteiger partial charge in [-0.1, -0.05) is 6.07 Å². The van der Waals surface area contributed by atoms with E-state index in [-0.39, 0.29) is 11.8 Å². The molecule has 1 heterocycles. The van der Waals surface area contributed by atoms with Gasteiger partial charge in [0.15, 0.2) is 0 Å². The molecule has 0 unspecified atom stereocenters. The Morgan fingerprint density at radius 1 is 1.38 bits per heavy atom. The highest BCUT2D eigenvalue weighted by Crippen LogP contribution is 2.29. The molecule has 6 nitrogen and oxygen atoms in total. The Morgan fingerprint density at radius 3 is 2.52 bits per heavy atom. The smallest absolute Gasteiger partial charge is 0.261 e. The van der Waals surface area contributed by atoms with Crippen molar-refractivity contribution in [1.82, 2.24) is 9.80 Å². The molecule has 112 valence electrons. The topological polar surface area (TPSA) is 83.7 Å². The van der Waals surface area contributed by atoms with Gasteiger partial charge < -0.3 is 10.6 Å². The number of rotatable bonds is 3. The fourth-order valence-corrected chi connectivity index (χ4v) is 2.59. The number of hydrogen-bond acceptors (Lipinski definition) is 4. The largest absolute Gasteiger partial charge is 0.398 e. The van der Waals surface area contributed by atoms with Gasteiger partial charge in [-0.2, -0.15) is 0 Å². The summed E-state index contributed by atoms with van der Waals surface area (Å²) in [5.74, 6) is -0.452. The van der Waals surface area contributed by atoms with Gasteiger partial charge in [0.1, 0.15) is 0 Å². The van der Waals surface area contributed by atoms with Crippen molar-refractivity contribution in [2.24, 2.45) is 0 Å². The van der Waals surface area contributed by atoms with E-state index in [1.807, 2.05) is 0 Å². The molecule has 1 aliphatic rings. The van der Waals surface area contributed by atoms with Crippen molar-refractivity contribution in [3.63, 3.8) is 0 Å². The summed E-state index contributed by atoms with van der Waals surface area (Å²) in [6.45, 7) is 5.72. The molecule has 1 aromatic rings. The highest BCUT2D eigenvalue weighted by atomic mass is 16.2. The lowest BCUT2D eigenvalue weighted by atomic mass is 9.89. The third kappa shape index (κ3) is 2.49. The number of anilines is 1. The third-order valence-electron chi connectivity index (χ3n) is 4.02. The molecule has 0 spiro atoms. The number of nitrogen functional groups attached to an aromatic ring is 1. The Labute approximate surface area is 123 Å². The van der Waals surface area contributed by atoms with Gasteiger partial charge in [-0.15, -0.1) is 0 Å². The maximum atomic E-state index is 12.6. The highest BCUT2D eigenvalue weighted by molar-refractivity contribution is 6.02. The second-order valence-corrected chi connectivity index (χ2v) is 5.67. The average molecular weight is 289 g/mol. The van der Waals surface area contributed by atoms with E-state index in [4.69, 9.17) is 5.73 Å². The second kappa shape index (κ2) is 5.20. The predicted molar refractivity (Wildman–Crippen MR) is 78.5 cm³/mol. The summed E-state index contributed by atoms with van der Waals surface area (Å²) in [5, 5.41) is 0. The van der Waals surface area contributed by atoms with Crippen LogP contribution in [0.5, 0.6) is 0 Å². The molecule has 2 N–H and O–H groups in total. The zero-order chi connectivity index (χ0) is 15.8. The van der Waals surface area contributed by atoms with Crippen LogP contribution in [0.4, 0.5) is 5.69 Å². The van der Waals surface area contributed by atoms with E-state index in [0.29, 0.717) is 36.3 Å².